The van der Waals surface area contributed by atoms with E-state index in [1.54, 1.807) is 30.3 Å². The van der Waals surface area contributed by atoms with E-state index in [1.165, 1.54) is 18.2 Å². The summed E-state index contributed by atoms with van der Waals surface area (Å²) < 4.78 is 5.25. The number of benzene rings is 2. The number of nitro benzene ring substituents is 1. The first-order valence-corrected chi connectivity index (χ1v) is 9.25. The van der Waals surface area contributed by atoms with Crippen LogP contribution < -0.4 is 10.6 Å². The number of likely N-dealkylation sites (N-methyl/N-ethyl adjacent to an activating group) is 1. The number of esters is 1. The fourth-order valence-electron chi connectivity index (χ4n) is 2.60. The number of hydrogen-bond donors (Lipinski definition) is 2. The number of rotatable bonds is 9. The van der Waals surface area contributed by atoms with Gasteiger partial charge in [-0.2, -0.15) is 0 Å². The van der Waals surface area contributed by atoms with Crippen molar-refractivity contribution in [2.45, 2.75) is 13.8 Å². The molecule has 0 saturated heterocycles. The molecule has 0 aliphatic carbocycles. The fourth-order valence-corrected chi connectivity index (χ4v) is 2.60. The van der Waals surface area contributed by atoms with E-state index in [0.29, 0.717) is 24.4 Å². The van der Waals surface area contributed by atoms with Crippen molar-refractivity contribution >= 4 is 29.1 Å². The van der Waals surface area contributed by atoms with Crippen LogP contribution in [0.4, 0.5) is 21.9 Å². The molecule has 9 heteroatoms. The Morgan fingerprint density at radius 3 is 2.31 bits per heavy atom. The molecule has 9 nitrogen and oxygen atoms in total. The topological polar surface area (TPSA) is 114 Å². The van der Waals surface area contributed by atoms with Gasteiger partial charge in [0.25, 0.3) is 5.69 Å². The monoisotopic (exact) mass is 400 g/mol. The number of anilines is 2. The minimum absolute atomic E-state index is 0.0865. The highest BCUT2D eigenvalue weighted by atomic mass is 16.6. The van der Waals surface area contributed by atoms with Gasteiger partial charge in [0.2, 0.25) is 0 Å². The summed E-state index contributed by atoms with van der Waals surface area (Å²) in [4.78, 5) is 36.7. The van der Waals surface area contributed by atoms with Gasteiger partial charge in [0, 0.05) is 18.3 Å². The van der Waals surface area contributed by atoms with Gasteiger partial charge >= 0.3 is 12.0 Å². The molecule has 0 saturated carbocycles. The van der Waals surface area contributed by atoms with Crippen LogP contribution in [0.25, 0.3) is 0 Å². The second-order valence-corrected chi connectivity index (χ2v) is 6.09. The SMILES string of the molecule is CCN(CC)CCOC(=O)c1ccc(NC(=O)Nc2ccccc2[N+](=O)[O-])cc1. The number of nitrogens with zero attached hydrogens (tertiary/aromatic N) is 2. The van der Waals surface area contributed by atoms with Gasteiger partial charge in [-0.3, -0.25) is 10.1 Å². The van der Waals surface area contributed by atoms with Crippen LogP contribution in [0.15, 0.2) is 48.5 Å². The van der Waals surface area contributed by atoms with Gasteiger partial charge in [-0.15, -0.1) is 0 Å². The molecule has 2 aromatic carbocycles. The third-order valence-corrected chi connectivity index (χ3v) is 4.26. The van der Waals surface area contributed by atoms with Crippen LogP contribution in [0.1, 0.15) is 24.2 Å². The zero-order valence-electron chi connectivity index (χ0n) is 16.4. The molecule has 154 valence electrons. The Balaban J connectivity index is 1.89. The zero-order valence-corrected chi connectivity index (χ0v) is 16.4. The lowest BCUT2D eigenvalue weighted by molar-refractivity contribution is -0.383. The molecular formula is C20H24N4O5. The van der Waals surface area contributed by atoms with E-state index in [0.717, 1.165) is 13.1 Å². The Kier molecular flexibility index (Phi) is 8.11. The highest BCUT2D eigenvalue weighted by Gasteiger charge is 2.15. The van der Waals surface area contributed by atoms with Crippen LogP contribution in [0.3, 0.4) is 0 Å². The molecule has 0 radical (unpaired) electrons. The molecule has 0 aliphatic rings. The second-order valence-electron chi connectivity index (χ2n) is 6.09. The molecule has 0 unspecified atom stereocenters. The minimum Gasteiger partial charge on any atom is -0.461 e. The first kappa shape index (κ1) is 21.8. The first-order valence-electron chi connectivity index (χ1n) is 9.25. The molecule has 2 amide bonds. The summed E-state index contributed by atoms with van der Waals surface area (Å²) in [7, 11) is 0. The molecule has 0 atom stereocenters. The van der Waals surface area contributed by atoms with Crippen molar-refractivity contribution in [2.24, 2.45) is 0 Å². The van der Waals surface area contributed by atoms with E-state index in [9.17, 15) is 19.7 Å². The lowest BCUT2D eigenvalue weighted by Gasteiger charge is -2.17. The maximum absolute atomic E-state index is 12.1. The Bertz CT molecular complexity index is 850. The van der Waals surface area contributed by atoms with Crippen molar-refractivity contribution in [2.75, 3.05) is 36.9 Å². The number of carbonyl (C=O) groups excluding carboxylic acids is 2. The summed E-state index contributed by atoms with van der Waals surface area (Å²) in [5.41, 5.74) is 0.684. The molecule has 0 spiro atoms. The summed E-state index contributed by atoms with van der Waals surface area (Å²) in [5, 5.41) is 16.0. The summed E-state index contributed by atoms with van der Waals surface area (Å²) >= 11 is 0. The third-order valence-electron chi connectivity index (χ3n) is 4.26. The third kappa shape index (κ3) is 6.58. The first-order chi connectivity index (χ1) is 13.9. The van der Waals surface area contributed by atoms with Crippen LogP contribution in [0, 0.1) is 10.1 Å². The Morgan fingerprint density at radius 1 is 1.03 bits per heavy atom. The van der Waals surface area contributed by atoms with Gasteiger partial charge in [0.1, 0.15) is 12.3 Å². The number of amides is 2. The van der Waals surface area contributed by atoms with E-state index < -0.39 is 16.9 Å². The van der Waals surface area contributed by atoms with E-state index in [4.69, 9.17) is 4.74 Å². The molecule has 0 aliphatic heterocycles. The van der Waals surface area contributed by atoms with Crippen LogP contribution in [0.5, 0.6) is 0 Å². The normalized spacial score (nSPS) is 10.4. The van der Waals surface area contributed by atoms with Gasteiger partial charge in [-0.1, -0.05) is 26.0 Å². The largest absolute Gasteiger partial charge is 0.461 e. The van der Waals surface area contributed by atoms with Crippen molar-refractivity contribution < 1.29 is 19.2 Å². The number of nitro groups is 1. The van der Waals surface area contributed by atoms with Crippen LogP contribution >= 0.6 is 0 Å². The average molecular weight is 400 g/mol. The van der Waals surface area contributed by atoms with Gasteiger partial charge < -0.3 is 20.3 Å². The molecular weight excluding hydrogens is 376 g/mol. The van der Waals surface area contributed by atoms with Gasteiger partial charge in [-0.25, -0.2) is 9.59 Å². The Labute approximate surface area is 168 Å². The highest BCUT2D eigenvalue weighted by Crippen LogP contribution is 2.23. The number of para-hydroxylation sites is 2. The minimum atomic E-state index is -0.631. The summed E-state index contributed by atoms with van der Waals surface area (Å²) in [6, 6.07) is 11.4. The Morgan fingerprint density at radius 2 is 1.69 bits per heavy atom. The number of carbonyl (C=O) groups is 2. The molecule has 2 rings (SSSR count). The standard InChI is InChI=1S/C20H24N4O5/c1-3-23(4-2)13-14-29-19(25)15-9-11-16(12-10-15)21-20(26)22-17-7-5-6-8-18(17)24(27)28/h5-12H,3-4,13-14H2,1-2H3,(H2,21,22,26). The van der Waals surface area contributed by atoms with Crippen molar-refractivity contribution in [1.82, 2.24) is 4.90 Å². The van der Waals surface area contributed by atoms with Crippen LogP contribution in [-0.4, -0.2) is 48.1 Å². The second kappa shape index (κ2) is 10.8. The molecule has 0 bridgehead atoms. The van der Waals surface area contributed by atoms with Gasteiger partial charge in [-0.05, 0) is 43.4 Å². The zero-order chi connectivity index (χ0) is 21.2. The predicted molar refractivity (Wildman–Crippen MR) is 110 cm³/mol. The van der Waals surface area contributed by atoms with Crippen molar-refractivity contribution in [3.05, 3.63) is 64.2 Å². The van der Waals surface area contributed by atoms with E-state index in [2.05, 4.69) is 15.5 Å². The molecule has 0 heterocycles. The maximum Gasteiger partial charge on any atom is 0.338 e. The quantitative estimate of drug-likeness (QED) is 0.377. The lowest BCUT2D eigenvalue weighted by Crippen LogP contribution is -2.27. The summed E-state index contributed by atoms with van der Waals surface area (Å²) in [6.07, 6.45) is 0. The Hall–Kier alpha value is -3.46. The fraction of sp³-hybridized carbons (Fsp3) is 0.300. The average Bonchev–Trinajstić information content (AvgIpc) is 2.71. The summed E-state index contributed by atoms with van der Waals surface area (Å²) in [6.45, 7) is 6.85. The molecule has 0 fully saturated rings. The van der Waals surface area contributed by atoms with Crippen molar-refractivity contribution in [3.63, 3.8) is 0 Å². The van der Waals surface area contributed by atoms with E-state index in [-0.39, 0.29) is 11.4 Å². The highest BCUT2D eigenvalue weighted by molar-refractivity contribution is 6.01. The smallest absolute Gasteiger partial charge is 0.338 e. The van der Waals surface area contributed by atoms with Crippen molar-refractivity contribution in [3.8, 4) is 0 Å². The van der Waals surface area contributed by atoms with Crippen LogP contribution in [0.2, 0.25) is 0 Å². The molecule has 2 aromatic rings. The van der Waals surface area contributed by atoms with Gasteiger partial charge in [0.15, 0.2) is 0 Å². The van der Waals surface area contributed by atoms with E-state index in [1.807, 2.05) is 13.8 Å². The predicted octanol–water partition coefficient (Wildman–Crippen LogP) is 3.74. The summed E-state index contributed by atoms with van der Waals surface area (Å²) in [5.74, 6) is -0.437. The molecule has 2 N–H and O–H groups in total. The van der Waals surface area contributed by atoms with Crippen LogP contribution in [-0.2, 0) is 4.74 Å². The number of nitrogens with one attached hydrogen (secondary N) is 2. The van der Waals surface area contributed by atoms with E-state index >= 15 is 0 Å². The molecule has 0 aromatic heterocycles. The number of urea groups is 1. The number of ether oxygens (including phenoxy) is 1. The van der Waals surface area contributed by atoms with Gasteiger partial charge in [0.05, 0.1) is 10.5 Å². The lowest BCUT2D eigenvalue weighted by atomic mass is 10.2. The number of hydrogen-bond acceptors (Lipinski definition) is 6. The maximum atomic E-state index is 12.1. The van der Waals surface area contributed by atoms with Crippen molar-refractivity contribution in [1.29, 1.82) is 0 Å². The molecule has 29 heavy (non-hydrogen) atoms.